The predicted molar refractivity (Wildman–Crippen MR) is 130 cm³/mol. The van der Waals surface area contributed by atoms with Crippen LogP contribution < -0.4 is 19.7 Å². The Labute approximate surface area is 198 Å². The van der Waals surface area contributed by atoms with Gasteiger partial charge in [0.2, 0.25) is 0 Å². The Balaban J connectivity index is 1.68. The molecule has 0 saturated heterocycles. The van der Waals surface area contributed by atoms with E-state index in [9.17, 15) is 18.0 Å². The van der Waals surface area contributed by atoms with Gasteiger partial charge in [0.1, 0.15) is 10.6 Å². The molecule has 4 rings (SSSR count). The molecule has 0 saturated carbocycles. The first-order valence-electron chi connectivity index (χ1n) is 10.8. The number of nitrogens with one attached hydrogen (secondary N) is 2. The number of amides is 2. The average Bonchev–Trinajstić information content (AvgIpc) is 2.87. The molecule has 0 aliphatic carbocycles. The van der Waals surface area contributed by atoms with Crippen LogP contribution in [0, 0.1) is 0 Å². The van der Waals surface area contributed by atoms with Gasteiger partial charge in [0, 0.05) is 30.4 Å². The Bertz CT molecular complexity index is 1350. The summed E-state index contributed by atoms with van der Waals surface area (Å²) in [6.45, 7) is 0.339. The second-order valence-electron chi connectivity index (χ2n) is 7.79. The van der Waals surface area contributed by atoms with Crippen molar-refractivity contribution in [2.45, 2.75) is 17.7 Å². The third-order valence-corrected chi connectivity index (χ3v) is 7.51. The van der Waals surface area contributed by atoms with Crippen molar-refractivity contribution < 1.29 is 22.7 Å². The number of methoxy groups -OCH3 is 1. The van der Waals surface area contributed by atoms with Crippen molar-refractivity contribution in [3.05, 3.63) is 83.4 Å². The van der Waals surface area contributed by atoms with Crippen LogP contribution in [-0.4, -0.2) is 40.9 Å². The molecule has 1 aliphatic rings. The van der Waals surface area contributed by atoms with Crippen molar-refractivity contribution >= 4 is 33.2 Å². The fourth-order valence-corrected chi connectivity index (χ4v) is 5.70. The van der Waals surface area contributed by atoms with Crippen LogP contribution >= 0.6 is 0 Å². The topological polar surface area (TPSA) is 105 Å². The van der Waals surface area contributed by atoms with E-state index >= 15 is 0 Å². The van der Waals surface area contributed by atoms with Crippen LogP contribution in [0.4, 0.5) is 11.4 Å². The summed E-state index contributed by atoms with van der Waals surface area (Å²) in [5.74, 6) is -0.635. The largest absolute Gasteiger partial charge is 0.495 e. The second kappa shape index (κ2) is 9.56. The molecule has 0 unspecified atom stereocenters. The summed E-state index contributed by atoms with van der Waals surface area (Å²) in [5.41, 5.74) is 2.55. The van der Waals surface area contributed by atoms with Crippen molar-refractivity contribution in [1.29, 1.82) is 0 Å². The molecule has 0 spiro atoms. The molecule has 176 valence electrons. The Kier molecular flexibility index (Phi) is 6.56. The molecule has 34 heavy (non-hydrogen) atoms. The van der Waals surface area contributed by atoms with Gasteiger partial charge in [0.25, 0.3) is 21.8 Å². The van der Waals surface area contributed by atoms with Gasteiger partial charge in [0.05, 0.1) is 12.8 Å². The number of hydrogen-bond donors (Lipinski definition) is 2. The van der Waals surface area contributed by atoms with Crippen LogP contribution in [0.2, 0.25) is 0 Å². The molecule has 1 heterocycles. The number of para-hydroxylation sites is 1. The van der Waals surface area contributed by atoms with E-state index in [1.807, 2.05) is 12.1 Å². The van der Waals surface area contributed by atoms with E-state index in [1.54, 1.807) is 36.4 Å². The number of fused-ring (bicyclic) bond motifs is 1. The third kappa shape index (κ3) is 4.47. The first kappa shape index (κ1) is 23.3. The normalized spacial score (nSPS) is 13.1. The maximum atomic E-state index is 13.7. The van der Waals surface area contributed by atoms with Gasteiger partial charge >= 0.3 is 0 Å². The number of carbonyl (C=O) groups excluding carboxylic acids is 2. The smallest absolute Gasteiger partial charge is 0.268 e. The minimum absolute atomic E-state index is 0.0848. The van der Waals surface area contributed by atoms with E-state index in [0.29, 0.717) is 29.9 Å². The van der Waals surface area contributed by atoms with Crippen LogP contribution in [0.1, 0.15) is 32.7 Å². The van der Waals surface area contributed by atoms with E-state index in [1.165, 1.54) is 36.7 Å². The summed E-state index contributed by atoms with van der Waals surface area (Å²) in [6.07, 6.45) is 1.50. The van der Waals surface area contributed by atoms with Gasteiger partial charge in [-0.15, -0.1) is 0 Å². The maximum Gasteiger partial charge on any atom is 0.268 e. The highest BCUT2D eigenvalue weighted by Crippen LogP contribution is 2.35. The predicted octanol–water partition coefficient (Wildman–Crippen LogP) is 3.45. The average molecular weight is 480 g/mol. The van der Waals surface area contributed by atoms with Gasteiger partial charge in [-0.25, -0.2) is 8.42 Å². The van der Waals surface area contributed by atoms with Gasteiger partial charge in [-0.2, -0.15) is 0 Å². The lowest BCUT2D eigenvalue weighted by atomic mass is 10.0. The lowest BCUT2D eigenvalue weighted by Crippen LogP contribution is -2.35. The number of hydrogen-bond acceptors (Lipinski definition) is 5. The highest BCUT2D eigenvalue weighted by atomic mass is 32.2. The Morgan fingerprint density at radius 1 is 0.941 bits per heavy atom. The SMILES string of the molecule is CNC(=O)c1cccc(NC(=O)c2ccc(OC)c(S(=O)(=O)N3CCCc4ccccc43)c2)c1. The molecule has 0 atom stereocenters. The van der Waals surface area contributed by atoms with E-state index < -0.39 is 15.9 Å². The lowest BCUT2D eigenvalue weighted by Gasteiger charge is -2.31. The minimum Gasteiger partial charge on any atom is -0.495 e. The molecule has 9 heteroatoms. The zero-order valence-corrected chi connectivity index (χ0v) is 19.7. The quantitative estimate of drug-likeness (QED) is 0.564. The van der Waals surface area contributed by atoms with E-state index in [2.05, 4.69) is 10.6 Å². The van der Waals surface area contributed by atoms with Gasteiger partial charge in [-0.05, 0) is 60.9 Å². The summed E-state index contributed by atoms with van der Waals surface area (Å²) in [5, 5.41) is 5.25. The summed E-state index contributed by atoms with van der Waals surface area (Å²) < 4.78 is 34.1. The van der Waals surface area contributed by atoms with Crippen LogP contribution in [0.5, 0.6) is 5.75 Å². The van der Waals surface area contributed by atoms with Gasteiger partial charge in [-0.3, -0.25) is 13.9 Å². The minimum atomic E-state index is -3.99. The first-order chi connectivity index (χ1) is 16.3. The molecular formula is C25H25N3O5S. The molecule has 0 aromatic heterocycles. The highest BCUT2D eigenvalue weighted by molar-refractivity contribution is 7.93. The molecule has 3 aromatic rings. The third-order valence-electron chi connectivity index (χ3n) is 5.67. The van der Waals surface area contributed by atoms with E-state index in [4.69, 9.17) is 4.74 Å². The summed E-state index contributed by atoms with van der Waals surface area (Å²) in [6, 6.07) is 18.2. The van der Waals surface area contributed by atoms with Gasteiger partial charge < -0.3 is 15.4 Å². The Morgan fingerprint density at radius 2 is 1.71 bits per heavy atom. The molecule has 2 N–H and O–H groups in total. The molecular weight excluding hydrogens is 454 g/mol. The summed E-state index contributed by atoms with van der Waals surface area (Å²) in [7, 11) is -1.08. The van der Waals surface area contributed by atoms with Crippen LogP contribution in [0.15, 0.2) is 71.6 Å². The summed E-state index contributed by atoms with van der Waals surface area (Å²) >= 11 is 0. The number of sulfonamides is 1. The Hall–Kier alpha value is -3.85. The van der Waals surface area contributed by atoms with Crippen molar-refractivity contribution in [3.63, 3.8) is 0 Å². The molecule has 0 bridgehead atoms. The van der Waals surface area contributed by atoms with Gasteiger partial charge in [0.15, 0.2) is 0 Å². The van der Waals surface area contributed by atoms with Crippen molar-refractivity contribution in [1.82, 2.24) is 5.32 Å². The second-order valence-corrected chi connectivity index (χ2v) is 9.62. The number of nitrogens with zero attached hydrogens (tertiary/aromatic N) is 1. The molecule has 3 aromatic carbocycles. The number of ether oxygens (including phenoxy) is 1. The van der Waals surface area contributed by atoms with E-state index in [-0.39, 0.29) is 22.1 Å². The first-order valence-corrected chi connectivity index (χ1v) is 12.2. The number of anilines is 2. The standard InChI is InChI=1S/C25H25N3O5S/c1-26-24(29)18-8-5-10-20(15-18)27-25(30)19-12-13-22(33-2)23(16-19)34(31,32)28-14-6-9-17-7-3-4-11-21(17)28/h3-5,7-8,10-13,15-16H,6,9,14H2,1-2H3,(H,26,29)(H,27,30). The number of carbonyl (C=O) groups is 2. The highest BCUT2D eigenvalue weighted by Gasteiger charge is 2.32. The van der Waals surface area contributed by atoms with Crippen LogP contribution in [0.25, 0.3) is 0 Å². The van der Waals surface area contributed by atoms with Crippen LogP contribution in [-0.2, 0) is 16.4 Å². The molecule has 0 radical (unpaired) electrons. The summed E-state index contributed by atoms with van der Waals surface area (Å²) in [4.78, 5) is 24.7. The number of rotatable bonds is 6. The number of aryl methyl sites for hydroxylation is 1. The fraction of sp³-hybridized carbons (Fsp3) is 0.200. The molecule has 2 amide bonds. The van der Waals surface area contributed by atoms with Gasteiger partial charge in [-0.1, -0.05) is 24.3 Å². The Morgan fingerprint density at radius 3 is 2.47 bits per heavy atom. The van der Waals surface area contributed by atoms with Crippen molar-refractivity contribution in [3.8, 4) is 5.75 Å². The lowest BCUT2D eigenvalue weighted by molar-refractivity contribution is 0.0961. The van der Waals surface area contributed by atoms with Crippen molar-refractivity contribution in [2.24, 2.45) is 0 Å². The zero-order valence-electron chi connectivity index (χ0n) is 18.9. The van der Waals surface area contributed by atoms with Crippen molar-refractivity contribution in [2.75, 3.05) is 30.3 Å². The monoisotopic (exact) mass is 479 g/mol. The number of benzene rings is 3. The molecule has 1 aliphatic heterocycles. The molecule has 0 fully saturated rings. The van der Waals surface area contributed by atoms with Crippen LogP contribution in [0.3, 0.4) is 0 Å². The fourth-order valence-electron chi connectivity index (χ4n) is 3.97. The maximum absolute atomic E-state index is 13.7. The molecule has 8 nitrogen and oxygen atoms in total. The zero-order chi connectivity index (χ0) is 24.3. The van der Waals surface area contributed by atoms with E-state index in [0.717, 1.165) is 12.0 Å².